The Hall–Kier alpha value is -1.62. The van der Waals surface area contributed by atoms with E-state index >= 15 is 0 Å². The summed E-state index contributed by atoms with van der Waals surface area (Å²) in [7, 11) is 0. The number of hydrogen-bond acceptors (Lipinski definition) is 37. The lowest BCUT2D eigenvalue weighted by atomic mass is 9.79. The molecular weight excluding hydrogens is 1270 g/mol. The number of amides is 1. The molecule has 92 heavy (non-hydrogen) atoms. The van der Waals surface area contributed by atoms with Gasteiger partial charge in [0, 0.05) is 22.9 Å². The van der Waals surface area contributed by atoms with Crippen LogP contribution in [0.5, 0.6) is 0 Å². The fourth-order valence-electron chi connectivity index (χ4n) is 13.3. The zero-order chi connectivity index (χ0) is 67.3. The van der Waals surface area contributed by atoms with Crippen molar-refractivity contribution in [1.29, 1.82) is 0 Å². The maximum Gasteiger partial charge on any atom is 0.230 e. The van der Waals surface area contributed by atoms with Crippen molar-refractivity contribution in [3.63, 3.8) is 0 Å². The number of carbonyl (C=O) groups excluding carboxylic acids is 1. The minimum atomic E-state index is -2.24. The quantitative estimate of drug-likeness (QED) is 0.0913. The molecule has 0 unspecified atom stereocenters. The lowest BCUT2D eigenvalue weighted by molar-refractivity contribution is -0.396. The lowest BCUT2D eigenvalue weighted by Crippen LogP contribution is -2.68. The van der Waals surface area contributed by atoms with Gasteiger partial charge in [0.2, 0.25) is 5.91 Å². The van der Waals surface area contributed by atoms with Crippen molar-refractivity contribution >= 4 is 17.7 Å². The summed E-state index contributed by atoms with van der Waals surface area (Å²) in [5, 5.41) is 242. The molecule has 38 nitrogen and oxygen atoms in total. The first-order chi connectivity index (χ1) is 43.4. The highest BCUT2D eigenvalue weighted by Gasteiger charge is 2.60. The van der Waals surface area contributed by atoms with Crippen molar-refractivity contribution < 1.29 is 178 Å². The number of aliphatic hydroxyl groups excluding tert-OH is 20. The van der Waals surface area contributed by atoms with Gasteiger partial charge in [-0.3, -0.25) is 4.79 Å². The van der Waals surface area contributed by atoms with Crippen molar-refractivity contribution in [1.82, 2.24) is 10.4 Å². The predicted octanol–water partition coefficient (Wildman–Crippen LogP) is -13.0. The van der Waals surface area contributed by atoms with Crippen LogP contribution in [0.25, 0.3) is 0 Å². The van der Waals surface area contributed by atoms with Gasteiger partial charge < -0.3 is 174 Å². The third kappa shape index (κ3) is 15.2. The minimum Gasteiger partial charge on any atom is -0.394 e. The molecule has 0 aromatic heterocycles. The molecule has 22 saturated heterocycles. The smallest absolute Gasteiger partial charge is 0.230 e. The van der Waals surface area contributed by atoms with E-state index in [9.17, 15) is 112 Å². The summed E-state index contributed by atoms with van der Waals surface area (Å²) in [5.74, 6) is -1.16. The Labute approximate surface area is 528 Å². The van der Waals surface area contributed by atoms with E-state index in [1.54, 1.807) is 27.7 Å². The van der Waals surface area contributed by atoms with Gasteiger partial charge in [-0.05, 0) is 40.5 Å². The van der Waals surface area contributed by atoms with Gasteiger partial charge in [-0.15, -0.1) is 22.0 Å². The van der Waals surface area contributed by atoms with Crippen LogP contribution in [-0.2, 0) is 76.3 Å². The third-order valence-electron chi connectivity index (χ3n) is 18.1. The Morgan fingerprint density at radius 1 is 0.348 bits per heavy atom. The van der Waals surface area contributed by atoms with Crippen LogP contribution in [0.15, 0.2) is 0 Å². The van der Waals surface area contributed by atoms with Gasteiger partial charge >= 0.3 is 0 Å². The van der Waals surface area contributed by atoms with E-state index in [0.29, 0.717) is 12.8 Å². The van der Waals surface area contributed by atoms with Gasteiger partial charge in [-0.2, -0.15) is 0 Å². The molecule has 22 aliphatic heterocycles. The minimum absolute atomic E-state index is 0.292. The second-order valence-corrected chi connectivity index (χ2v) is 26.6. The van der Waals surface area contributed by atoms with Crippen molar-refractivity contribution in [3.05, 3.63) is 0 Å². The van der Waals surface area contributed by atoms with E-state index in [0.717, 1.165) is 16.8 Å². The highest BCUT2D eigenvalue weighted by atomic mass is 32.2. The summed E-state index contributed by atoms with van der Waals surface area (Å²) in [6.07, 6.45) is -70.3. The van der Waals surface area contributed by atoms with E-state index in [4.69, 9.17) is 66.3 Å². The van der Waals surface area contributed by atoms with E-state index in [-0.39, 0.29) is 11.5 Å². The summed E-state index contributed by atoms with van der Waals surface area (Å²) in [6.45, 7) is 0.572. The molecular formula is C53H89N2O36S. The molecule has 21 N–H and O–H groups in total. The molecule has 22 fully saturated rings. The first-order valence-corrected chi connectivity index (χ1v) is 31.3. The molecule has 22 heterocycles. The molecule has 35 atom stereocenters. The normalized spacial score (nSPS) is 50.8. The largest absolute Gasteiger partial charge is 0.394 e. The number of aliphatic hydroxyl groups is 20. The Bertz CT molecular complexity index is 2320. The summed E-state index contributed by atoms with van der Waals surface area (Å²) in [4.78, 5) is 13.5. The average molecular weight is 1360 g/mol. The summed E-state index contributed by atoms with van der Waals surface area (Å²) >= 11 is 0.888. The molecule has 0 saturated carbocycles. The van der Waals surface area contributed by atoms with E-state index in [1.165, 1.54) is 0 Å². The summed E-state index contributed by atoms with van der Waals surface area (Å²) in [6, 6.07) is -0.441. The Kier molecular flexibility index (Phi) is 25.0. The standard InChI is InChI=1S/C53H89N2O36S/c1-52(2)5-15(6-53(3,4)55(52)77)54-23(62)14-92-13-22-44-30(69)37(76)51(84-22)90-43-21(12-61)82-49(35(74)28(43)67)88-41-19(10-59)80-47(33(72)26(41)65)86-39-17(8-57)78-45(31(70)24(39)63)85-38-16(7-56)79-46(32(71)25(38)64)87-40-18(9-58)81-48(34(73)27(40)66)89-42-20(11-60)83-50(91-44)36(75)29(42)68/h15-22,24-51,56-61,63-76H,5-14H2,1-4H3,(H,54,62)/t16-,17-,18-,19-,20-,21-,22-,24-,25-,26-,27-,28+,29-,30-,31-,32-,33+,34-,35-,36-,37-,38-,39-,40-,41-,42-,43-,44-,45-,46-,47-,48-,49-,50-,51-/m1/s1. The van der Waals surface area contributed by atoms with Gasteiger partial charge in [0.05, 0.1) is 51.5 Å². The van der Waals surface area contributed by atoms with Crippen LogP contribution in [-0.4, -0.2) is 396 Å². The fraction of sp³-hybridized carbons (Fsp3) is 0.981. The number of ether oxygens (including phenoxy) is 14. The van der Waals surface area contributed by atoms with Crippen LogP contribution in [0.1, 0.15) is 40.5 Å². The molecule has 533 valence electrons. The zero-order valence-corrected chi connectivity index (χ0v) is 51.0. The molecule has 39 heteroatoms. The van der Waals surface area contributed by atoms with Gasteiger partial charge in [0.1, 0.15) is 165 Å². The first-order valence-electron chi connectivity index (χ1n) is 30.1. The van der Waals surface area contributed by atoms with Gasteiger partial charge in [0.25, 0.3) is 0 Å². The molecule has 0 spiro atoms. The number of piperidine rings is 1. The zero-order valence-electron chi connectivity index (χ0n) is 50.2. The average Bonchev–Trinajstić information content (AvgIpc) is 0.804. The molecule has 1 radical (unpaired) electrons. The number of nitrogens with one attached hydrogen (secondary N) is 1. The number of rotatable bonds is 11. The first kappa shape index (κ1) is 74.6. The van der Waals surface area contributed by atoms with E-state index in [1.807, 2.05) is 0 Å². The number of carbonyl (C=O) groups is 1. The third-order valence-corrected chi connectivity index (χ3v) is 19.1. The SMILES string of the molecule is CC1(C)CC(NC(=O)CSC[C@H]2O[C@@H]3O[C@H]4[C@@H](O)[C@@H](O)[C@@H](O[C@H]5[C@H](O)[C@H](O)[C@@H](O[C@H]6[C@H](O)[C@@H](O)[C@@H](O[C@H]7[C@H](O)[C@@H](O)[C@@H](O[C@H]8[C@H](O)[C@@H](O)[C@@H](O[C@H]9[C@H](O)[C@@H](O)[C@@H](O[C@H]2[C@H](O)[C@H]3O)O[C@@H]9CO)O[C@@H]8CO)O[C@@H]7CO)O[C@@H]6CO)O[C@@H]5CO)O[C@@H]4CO)CC(C)(C)N1[O]. The number of nitrogens with zero attached hydrogens (tertiary/aromatic N) is 1. The van der Waals surface area contributed by atoms with Crippen LogP contribution in [0.4, 0.5) is 0 Å². The van der Waals surface area contributed by atoms with Crippen LogP contribution in [0.3, 0.4) is 0 Å². The molecule has 22 rings (SSSR count). The maximum absolute atomic E-state index is 13.5. The Morgan fingerprint density at radius 2 is 0.543 bits per heavy atom. The summed E-state index contributed by atoms with van der Waals surface area (Å²) in [5.41, 5.74) is -1.71. The van der Waals surface area contributed by atoms with Gasteiger partial charge in [-0.1, -0.05) is 0 Å². The van der Waals surface area contributed by atoms with Gasteiger partial charge in [-0.25, -0.2) is 0 Å². The lowest BCUT2D eigenvalue weighted by Gasteiger charge is -2.50. The predicted molar refractivity (Wildman–Crippen MR) is 291 cm³/mol. The van der Waals surface area contributed by atoms with Crippen LogP contribution < -0.4 is 5.32 Å². The monoisotopic (exact) mass is 1360 g/mol. The molecule has 0 aliphatic carbocycles. The summed E-state index contributed by atoms with van der Waals surface area (Å²) < 4.78 is 81.5. The van der Waals surface area contributed by atoms with Gasteiger partial charge in [0.15, 0.2) is 44.0 Å². The van der Waals surface area contributed by atoms with E-state index < -0.39 is 278 Å². The topological polar surface area (TPSA) is 586 Å². The second kappa shape index (κ2) is 30.9. The molecule has 14 bridgehead atoms. The highest BCUT2D eigenvalue weighted by molar-refractivity contribution is 8.00. The van der Waals surface area contributed by atoms with Crippen molar-refractivity contribution in [2.75, 3.05) is 51.1 Å². The van der Waals surface area contributed by atoms with Crippen molar-refractivity contribution in [2.45, 2.75) is 273 Å². The van der Waals surface area contributed by atoms with Crippen LogP contribution in [0, 0.1) is 0 Å². The number of thioether (sulfide) groups is 1. The molecule has 0 aromatic rings. The number of hydroxylamine groups is 2. The highest BCUT2D eigenvalue weighted by Crippen LogP contribution is 2.41. The Morgan fingerprint density at radius 3 is 0.750 bits per heavy atom. The van der Waals surface area contributed by atoms with Crippen molar-refractivity contribution in [2.24, 2.45) is 0 Å². The van der Waals surface area contributed by atoms with Crippen LogP contribution in [0.2, 0.25) is 0 Å². The Balaban J connectivity index is 0.999. The molecule has 22 aliphatic rings. The second-order valence-electron chi connectivity index (χ2n) is 25.6. The molecule has 0 aromatic carbocycles. The maximum atomic E-state index is 13.5. The molecule has 1 amide bonds. The van der Waals surface area contributed by atoms with Crippen molar-refractivity contribution in [3.8, 4) is 0 Å². The fourth-order valence-corrected chi connectivity index (χ4v) is 14.2. The van der Waals surface area contributed by atoms with E-state index in [2.05, 4.69) is 5.32 Å². The number of hydrogen-bond donors (Lipinski definition) is 21. The van der Waals surface area contributed by atoms with Crippen LogP contribution >= 0.6 is 11.8 Å².